The number of carbonyl (C=O) groups is 1. The molecule has 2 aromatic carbocycles. The Morgan fingerprint density at radius 3 is 2.84 bits per heavy atom. The molecule has 5 nitrogen and oxygen atoms in total. The number of hydrogen-bond donors (Lipinski definition) is 1. The molecule has 0 aliphatic carbocycles. The topological polar surface area (TPSA) is 56.8 Å². The zero-order valence-electron chi connectivity index (χ0n) is 14.0. The zero-order chi connectivity index (χ0) is 18.0. The van der Waals surface area contributed by atoms with Crippen LogP contribution in [0.2, 0.25) is 5.02 Å². The van der Waals surface area contributed by atoms with Gasteiger partial charge in [-0.3, -0.25) is 4.79 Å². The van der Waals surface area contributed by atoms with Crippen LogP contribution in [0.5, 0.6) is 17.2 Å². The Morgan fingerprint density at radius 1 is 1.36 bits per heavy atom. The van der Waals surface area contributed by atoms with E-state index in [1.807, 2.05) is 13.0 Å². The minimum atomic E-state index is -0.663. The van der Waals surface area contributed by atoms with Gasteiger partial charge in [-0.05, 0) is 36.8 Å². The Hall–Kier alpha value is -2.66. The summed E-state index contributed by atoms with van der Waals surface area (Å²) in [5.74, 6) is 1.21. The van der Waals surface area contributed by atoms with Crippen LogP contribution in [0.4, 0.5) is 0 Å². The fourth-order valence-electron chi connectivity index (χ4n) is 2.49. The first kappa shape index (κ1) is 17.2. The average Bonchev–Trinajstić information content (AvgIpc) is 2.59. The lowest BCUT2D eigenvalue weighted by Gasteiger charge is -2.27. The number of benzene rings is 2. The summed E-state index contributed by atoms with van der Waals surface area (Å²) in [6, 6.07) is 10.5. The van der Waals surface area contributed by atoms with Crippen LogP contribution in [-0.2, 0) is 0 Å². The van der Waals surface area contributed by atoms with E-state index < -0.39 is 6.23 Å². The molecule has 1 N–H and O–H groups in total. The van der Waals surface area contributed by atoms with Gasteiger partial charge in [0.1, 0.15) is 12.4 Å². The summed E-state index contributed by atoms with van der Waals surface area (Å²) in [4.78, 5) is 12.3. The second-order valence-corrected chi connectivity index (χ2v) is 6.15. The monoisotopic (exact) mass is 359 g/mol. The molecule has 0 saturated carbocycles. The van der Waals surface area contributed by atoms with E-state index in [4.69, 9.17) is 25.8 Å². The Labute approximate surface area is 151 Å². The van der Waals surface area contributed by atoms with Gasteiger partial charge in [0.2, 0.25) is 0 Å². The lowest BCUT2D eigenvalue weighted by atomic mass is 10.1. The van der Waals surface area contributed by atoms with E-state index >= 15 is 0 Å². The molecular formula is C19H18ClNO4. The van der Waals surface area contributed by atoms with Crippen molar-refractivity contribution in [3.05, 3.63) is 64.7 Å². The van der Waals surface area contributed by atoms with Gasteiger partial charge in [-0.1, -0.05) is 30.3 Å². The Bertz CT molecular complexity index is 834. The largest absolute Gasteiger partial charge is 0.493 e. The third kappa shape index (κ3) is 3.56. The highest BCUT2D eigenvalue weighted by Crippen LogP contribution is 2.39. The van der Waals surface area contributed by atoms with Gasteiger partial charge in [-0.15, -0.1) is 0 Å². The number of rotatable bonds is 5. The molecule has 6 heteroatoms. The molecule has 0 fully saturated rings. The smallest absolute Gasteiger partial charge is 0.258 e. The highest BCUT2D eigenvalue weighted by Gasteiger charge is 2.27. The van der Waals surface area contributed by atoms with Gasteiger partial charge in [0.15, 0.2) is 17.7 Å². The van der Waals surface area contributed by atoms with E-state index in [0.717, 1.165) is 5.57 Å². The molecule has 0 radical (unpaired) electrons. The third-order valence-corrected chi connectivity index (χ3v) is 3.94. The van der Waals surface area contributed by atoms with Crippen LogP contribution in [0, 0.1) is 0 Å². The van der Waals surface area contributed by atoms with Crippen molar-refractivity contribution in [3.8, 4) is 17.2 Å². The normalized spacial score (nSPS) is 15.6. The Kier molecular flexibility index (Phi) is 4.86. The number of halogens is 1. The molecule has 1 amide bonds. The van der Waals surface area contributed by atoms with E-state index in [-0.39, 0.29) is 5.91 Å². The molecule has 25 heavy (non-hydrogen) atoms. The maximum Gasteiger partial charge on any atom is 0.258 e. The number of ether oxygens (including phenoxy) is 3. The molecule has 1 aliphatic rings. The van der Waals surface area contributed by atoms with Crippen LogP contribution in [-0.4, -0.2) is 19.6 Å². The van der Waals surface area contributed by atoms with Crippen LogP contribution < -0.4 is 19.5 Å². The molecule has 130 valence electrons. The molecule has 1 heterocycles. The Morgan fingerprint density at radius 2 is 2.12 bits per heavy atom. The molecule has 1 aliphatic heterocycles. The fourth-order valence-corrected chi connectivity index (χ4v) is 2.76. The lowest BCUT2D eigenvalue weighted by Crippen LogP contribution is -2.36. The minimum Gasteiger partial charge on any atom is -0.493 e. The maximum atomic E-state index is 12.3. The van der Waals surface area contributed by atoms with Gasteiger partial charge in [0, 0.05) is 5.56 Å². The Balaban J connectivity index is 1.92. The number of amides is 1. The molecule has 3 rings (SSSR count). The van der Waals surface area contributed by atoms with Crippen molar-refractivity contribution < 1.29 is 19.0 Å². The number of hydrogen-bond acceptors (Lipinski definition) is 4. The summed E-state index contributed by atoms with van der Waals surface area (Å²) < 4.78 is 16.9. The first-order valence-corrected chi connectivity index (χ1v) is 8.08. The number of carbonyl (C=O) groups excluding carboxylic acids is 1. The van der Waals surface area contributed by atoms with Crippen molar-refractivity contribution in [1.29, 1.82) is 0 Å². The van der Waals surface area contributed by atoms with Gasteiger partial charge >= 0.3 is 0 Å². The minimum absolute atomic E-state index is 0.204. The van der Waals surface area contributed by atoms with Crippen LogP contribution in [0.25, 0.3) is 0 Å². The highest BCUT2D eigenvalue weighted by atomic mass is 35.5. The van der Waals surface area contributed by atoms with Gasteiger partial charge in [0.05, 0.1) is 17.7 Å². The number of methoxy groups -OCH3 is 1. The standard InChI is InChI=1S/C19H18ClNO4/c1-11(2)10-24-17-14(20)8-12(9-16(17)23-3)19-21-18(22)13-6-4-5-7-15(13)25-19/h4-9,19H,1,10H2,2-3H3,(H,21,22). The highest BCUT2D eigenvalue weighted by molar-refractivity contribution is 6.32. The maximum absolute atomic E-state index is 12.3. The summed E-state index contributed by atoms with van der Waals surface area (Å²) in [6.45, 7) is 5.99. The van der Waals surface area contributed by atoms with E-state index in [1.54, 1.807) is 30.3 Å². The molecule has 0 bridgehead atoms. The van der Waals surface area contributed by atoms with Crippen molar-refractivity contribution >= 4 is 17.5 Å². The van der Waals surface area contributed by atoms with Gasteiger partial charge < -0.3 is 19.5 Å². The predicted octanol–water partition coefficient (Wildman–Crippen LogP) is 4.12. The van der Waals surface area contributed by atoms with Crippen molar-refractivity contribution in [2.24, 2.45) is 0 Å². The quantitative estimate of drug-likeness (QED) is 0.816. The van der Waals surface area contributed by atoms with E-state index in [9.17, 15) is 4.79 Å². The van der Waals surface area contributed by atoms with E-state index in [0.29, 0.717) is 40.0 Å². The van der Waals surface area contributed by atoms with Gasteiger partial charge in [0.25, 0.3) is 5.91 Å². The summed E-state index contributed by atoms with van der Waals surface area (Å²) in [6.07, 6.45) is -0.663. The fraction of sp³-hybridized carbons (Fsp3) is 0.211. The summed E-state index contributed by atoms with van der Waals surface area (Å²) in [5, 5.41) is 3.17. The van der Waals surface area contributed by atoms with Crippen LogP contribution in [0.1, 0.15) is 29.1 Å². The van der Waals surface area contributed by atoms with E-state index in [1.165, 1.54) is 7.11 Å². The van der Waals surface area contributed by atoms with Crippen LogP contribution in [0.15, 0.2) is 48.6 Å². The molecular weight excluding hydrogens is 342 g/mol. The first-order valence-electron chi connectivity index (χ1n) is 7.70. The van der Waals surface area contributed by atoms with Crippen LogP contribution in [0.3, 0.4) is 0 Å². The van der Waals surface area contributed by atoms with Crippen molar-refractivity contribution in [1.82, 2.24) is 5.32 Å². The molecule has 1 atom stereocenters. The first-order chi connectivity index (χ1) is 12.0. The van der Waals surface area contributed by atoms with Crippen molar-refractivity contribution in [2.45, 2.75) is 13.2 Å². The summed E-state index contributed by atoms with van der Waals surface area (Å²) >= 11 is 6.35. The van der Waals surface area contributed by atoms with Crippen molar-refractivity contribution in [3.63, 3.8) is 0 Å². The second-order valence-electron chi connectivity index (χ2n) is 5.75. The predicted molar refractivity (Wildman–Crippen MR) is 95.6 cm³/mol. The number of nitrogens with one attached hydrogen (secondary N) is 1. The molecule has 0 spiro atoms. The lowest BCUT2D eigenvalue weighted by molar-refractivity contribution is 0.0755. The molecule has 0 aromatic heterocycles. The summed E-state index contributed by atoms with van der Waals surface area (Å²) in [5.41, 5.74) is 2.02. The third-order valence-electron chi connectivity index (χ3n) is 3.66. The number of fused-ring (bicyclic) bond motifs is 1. The van der Waals surface area contributed by atoms with Gasteiger partial charge in [-0.25, -0.2) is 0 Å². The average molecular weight is 360 g/mol. The molecule has 0 saturated heterocycles. The van der Waals surface area contributed by atoms with E-state index in [2.05, 4.69) is 11.9 Å². The zero-order valence-corrected chi connectivity index (χ0v) is 14.7. The SMILES string of the molecule is C=C(C)COc1c(Cl)cc(C2NC(=O)c3ccccc3O2)cc1OC. The summed E-state index contributed by atoms with van der Waals surface area (Å²) in [7, 11) is 1.53. The van der Waals surface area contributed by atoms with Crippen LogP contribution >= 0.6 is 11.6 Å². The molecule has 1 unspecified atom stereocenters. The van der Waals surface area contributed by atoms with Crippen molar-refractivity contribution in [2.75, 3.05) is 13.7 Å². The second kappa shape index (κ2) is 7.07. The van der Waals surface area contributed by atoms with Gasteiger partial charge in [-0.2, -0.15) is 0 Å². The molecule has 2 aromatic rings. The number of para-hydroxylation sites is 1.